The molecule has 0 aliphatic carbocycles. The summed E-state index contributed by atoms with van der Waals surface area (Å²) >= 11 is 0. The van der Waals surface area contributed by atoms with Crippen LogP contribution in [0.4, 0.5) is 4.79 Å². The summed E-state index contributed by atoms with van der Waals surface area (Å²) in [4.78, 5) is 15.8. The van der Waals surface area contributed by atoms with Crippen molar-refractivity contribution >= 4 is 6.09 Å². The van der Waals surface area contributed by atoms with Crippen molar-refractivity contribution in [3.63, 3.8) is 0 Å². The summed E-state index contributed by atoms with van der Waals surface area (Å²) in [5.41, 5.74) is 2.44. The predicted octanol–water partition coefficient (Wildman–Crippen LogP) is 1.98. The lowest BCUT2D eigenvalue weighted by Crippen LogP contribution is -2.33. The maximum Gasteiger partial charge on any atom is 0.407 e. The first-order valence-corrected chi connectivity index (χ1v) is 7.25. The summed E-state index contributed by atoms with van der Waals surface area (Å²) in [6, 6.07) is 0. The third-order valence-electron chi connectivity index (χ3n) is 3.01. The summed E-state index contributed by atoms with van der Waals surface area (Å²) in [6.07, 6.45) is 5.75. The molecule has 0 aliphatic heterocycles. The van der Waals surface area contributed by atoms with Gasteiger partial charge in [-0.2, -0.15) is 5.10 Å². The van der Waals surface area contributed by atoms with Gasteiger partial charge in [-0.05, 0) is 27.7 Å². The Labute approximate surface area is 130 Å². The largest absolute Gasteiger partial charge is 0.444 e. The molecule has 22 heavy (non-hydrogen) atoms. The molecular weight excluding hydrogens is 282 g/mol. The zero-order chi connectivity index (χ0) is 16.3. The molecule has 0 unspecified atom stereocenters. The number of hydrogen-bond donors (Lipinski definition) is 1. The Morgan fingerprint density at radius 1 is 1.41 bits per heavy atom. The number of alkyl carbamates (subject to hydrolysis) is 1. The van der Waals surface area contributed by atoms with Crippen LogP contribution in [0.15, 0.2) is 18.7 Å². The first-order chi connectivity index (χ1) is 10.3. The maximum absolute atomic E-state index is 11.6. The van der Waals surface area contributed by atoms with Crippen molar-refractivity contribution in [2.75, 3.05) is 6.54 Å². The van der Waals surface area contributed by atoms with E-state index in [9.17, 15) is 4.79 Å². The Morgan fingerprint density at radius 2 is 2.14 bits per heavy atom. The molecule has 2 heterocycles. The smallest absolute Gasteiger partial charge is 0.407 e. The second kappa shape index (κ2) is 6.21. The standard InChI is InChI=1S/C15H23N5O2/c1-11-13(9-19(5)18-11)20-10-16-8-12(20)6-7-17-14(21)22-15(2,3)4/h8-10H,6-7H2,1-5H3,(H,17,21). The summed E-state index contributed by atoms with van der Waals surface area (Å²) in [5.74, 6) is 0. The highest BCUT2D eigenvalue weighted by Crippen LogP contribution is 2.14. The van der Waals surface area contributed by atoms with Crippen LogP contribution in [0.25, 0.3) is 5.69 Å². The minimum Gasteiger partial charge on any atom is -0.444 e. The second-order valence-corrected chi connectivity index (χ2v) is 6.21. The van der Waals surface area contributed by atoms with E-state index in [0.29, 0.717) is 13.0 Å². The molecule has 2 rings (SSSR count). The van der Waals surface area contributed by atoms with E-state index in [1.807, 2.05) is 45.5 Å². The monoisotopic (exact) mass is 305 g/mol. The molecule has 1 N–H and O–H groups in total. The third kappa shape index (κ3) is 4.09. The van der Waals surface area contributed by atoms with Gasteiger partial charge in [0.15, 0.2) is 0 Å². The van der Waals surface area contributed by atoms with E-state index in [0.717, 1.165) is 17.1 Å². The van der Waals surface area contributed by atoms with E-state index in [4.69, 9.17) is 4.74 Å². The number of imidazole rings is 1. The van der Waals surface area contributed by atoms with E-state index in [1.54, 1.807) is 17.2 Å². The number of ether oxygens (including phenoxy) is 1. The lowest BCUT2D eigenvalue weighted by molar-refractivity contribution is 0.0528. The summed E-state index contributed by atoms with van der Waals surface area (Å²) in [6.45, 7) is 7.96. The van der Waals surface area contributed by atoms with Gasteiger partial charge < -0.3 is 10.1 Å². The van der Waals surface area contributed by atoms with Crippen LogP contribution in [-0.4, -0.2) is 37.6 Å². The van der Waals surface area contributed by atoms with Gasteiger partial charge in [-0.15, -0.1) is 0 Å². The number of nitrogens with one attached hydrogen (secondary N) is 1. The molecule has 7 nitrogen and oxygen atoms in total. The molecule has 2 aromatic rings. The van der Waals surface area contributed by atoms with E-state index >= 15 is 0 Å². The van der Waals surface area contributed by atoms with Gasteiger partial charge in [0.25, 0.3) is 0 Å². The fraction of sp³-hybridized carbons (Fsp3) is 0.533. The van der Waals surface area contributed by atoms with Gasteiger partial charge in [-0.25, -0.2) is 9.78 Å². The topological polar surface area (TPSA) is 74.0 Å². The average molecular weight is 305 g/mol. The van der Waals surface area contributed by atoms with Crippen molar-refractivity contribution in [2.45, 2.75) is 39.7 Å². The number of carbonyl (C=O) groups is 1. The highest BCUT2D eigenvalue weighted by molar-refractivity contribution is 5.67. The van der Waals surface area contributed by atoms with Gasteiger partial charge in [0.1, 0.15) is 5.60 Å². The molecule has 0 saturated heterocycles. The molecule has 7 heteroatoms. The summed E-state index contributed by atoms with van der Waals surface area (Å²) in [7, 11) is 1.89. The number of aryl methyl sites for hydroxylation is 2. The molecule has 0 bridgehead atoms. The van der Waals surface area contributed by atoms with Gasteiger partial charge in [0.2, 0.25) is 0 Å². The van der Waals surface area contributed by atoms with E-state index < -0.39 is 11.7 Å². The number of aromatic nitrogens is 4. The third-order valence-corrected chi connectivity index (χ3v) is 3.01. The Balaban J connectivity index is 1.97. The normalized spacial score (nSPS) is 11.5. The minimum absolute atomic E-state index is 0.406. The maximum atomic E-state index is 11.6. The molecule has 0 aromatic carbocycles. The zero-order valence-electron chi connectivity index (χ0n) is 13.8. The fourth-order valence-electron chi connectivity index (χ4n) is 2.15. The first-order valence-electron chi connectivity index (χ1n) is 7.25. The molecule has 0 radical (unpaired) electrons. The number of hydrogen-bond acceptors (Lipinski definition) is 4. The average Bonchev–Trinajstić information content (AvgIpc) is 2.93. The quantitative estimate of drug-likeness (QED) is 0.937. The fourth-order valence-corrected chi connectivity index (χ4v) is 2.15. The molecule has 0 spiro atoms. The van der Waals surface area contributed by atoms with E-state index in [2.05, 4.69) is 15.4 Å². The van der Waals surface area contributed by atoms with Crippen molar-refractivity contribution in [1.29, 1.82) is 0 Å². The van der Waals surface area contributed by atoms with Gasteiger partial charge >= 0.3 is 6.09 Å². The number of rotatable bonds is 4. The van der Waals surface area contributed by atoms with Crippen LogP contribution in [-0.2, 0) is 18.2 Å². The summed E-state index contributed by atoms with van der Waals surface area (Å²) < 4.78 is 8.97. The molecule has 0 aliphatic rings. The van der Waals surface area contributed by atoms with Crippen molar-refractivity contribution in [2.24, 2.45) is 7.05 Å². The molecule has 0 fully saturated rings. The highest BCUT2D eigenvalue weighted by atomic mass is 16.6. The summed E-state index contributed by atoms with van der Waals surface area (Å²) in [5, 5.41) is 7.09. The van der Waals surface area contributed by atoms with Crippen LogP contribution in [0.2, 0.25) is 0 Å². The second-order valence-electron chi connectivity index (χ2n) is 6.21. The predicted molar refractivity (Wildman–Crippen MR) is 83.0 cm³/mol. The van der Waals surface area contributed by atoms with Gasteiger partial charge in [0.05, 0.1) is 17.7 Å². The van der Waals surface area contributed by atoms with Gasteiger partial charge in [-0.1, -0.05) is 0 Å². The van der Waals surface area contributed by atoms with E-state index in [-0.39, 0.29) is 0 Å². The van der Waals surface area contributed by atoms with Crippen LogP contribution in [0.3, 0.4) is 0 Å². The number of nitrogens with zero attached hydrogens (tertiary/aromatic N) is 4. The first kappa shape index (κ1) is 16.1. The SMILES string of the molecule is Cc1nn(C)cc1-n1cncc1CCNC(=O)OC(C)(C)C. The van der Waals surface area contributed by atoms with Crippen LogP contribution in [0.1, 0.15) is 32.2 Å². The Hall–Kier alpha value is -2.31. The lowest BCUT2D eigenvalue weighted by atomic mass is 10.2. The van der Waals surface area contributed by atoms with Crippen LogP contribution < -0.4 is 5.32 Å². The Bertz CT molecular complexity index is 651. The van der Waals surface area contributed by atoms with Crippen LogP contribution in [0, 0.1) is 6.92 Å². The molecule has 120 valence electrons. The zero-order valence-corrected chi connectivity index (χ0v) is 13.8. The van der Waals surface area contributed by atoms with Crippen molar-refractivity contribution in [3.8, 4) is 5.69 Å². The van der Waals surface area contributed by atoms with Gasteiger partial charge in [-0.3, -0.25) is 9.25 Å². The van der Waals surface area contributed by atoms with Crippen molar-refractivity contribution < 1.29 is 9.53 Å². The minimum atomic E-state index is -0.487. The molecule has 0 saturated carbocycles. The van der Waals surface area contributed by atoms with Gasteiger partial charge in [0, 0.05) is 38.1 Å². The highest BCUT2D eigenvalue weighted by Gasteiger charge is 2.16. The van der Waals surface area contributed by atoms with Crippen molar-refractivity contribution in [1.82, 2.24) is 24.6 Å². The van der Waals surface area contributed by atoms with E-state index in [1.165, 1.54) is 0 Å². The Kier molecular flexibility index (Phi) is 4.54. The van der Waals surface area contributed by atoms with Crippen LogP contribution >= 0.6 is 0 Å². The molecule has 1 amide bonds. The number of carbonyl (C=O) groups excluding carboxylic acids is 1. The molecular formula is C15H23N5O2. The lowest BCUT2D eigenvalue weighted by Gasteiger charge is -2.19. The number of amides is 1. The van der Waals surface area contributed by atoms with Crippen molar-refractivity contribution in [3.05, 3.63) is 30.1 Å². The van der Waals surface area contributed by atoms with Crippen LogP contribution in [0.5, 0.6) is 0 Å². The molecule has 0 atom stereocenters. The molecule has 2 aromatic heterocycles. The Morgan fingerprint density at radius 3 is 2.73 bits per heavy atom.